The van der Waals surface area contributed by atoms with Gasteiger partial charge < -0.3 is 20.0 Å². The molecule has 1 heterocycles. The summed E-state index contributed by atoms with van der Waals surface area (Å²) in [4.78, 5) is 42.3. The average Bonchev–Trinajstić information content (AvgIpc) is 3.13. The molecule has 0 radical (unpaired) electrons. The van der Waals surface area contributed by atoms with Gasteiger partial charge in [-0.05, 0) is 50.2 Å². The van der Waals surface area contributed by atoms with Crippen LogP contribution in [-0.4, -0.2) is 40.7 Å². The van der Waals surface area contributed by atoms with Crippen molar-refractivity contribution >= 4 is 29.1 Å². The van der Waals surface area contributed by atoms with Crippen LogP contribution in [0.5, 0.6) is 0 Å². The van der Waals surface area contributed by atoms with Crippen LogP contribution in [0.1, 0.15) is 25.3 Å². The molecule has 1 aromatic heterocycles. The number of anilines is 2. The van der Waals surface area contributed by atoms with E-state index in [0.717, 1.165) is 5.56 Å². The first kappa shape index (κ1) is 22.7. The molecule has 0 aliphatic carbocycles. The van der Waals surface area contributed by atoms with E-state index >= 15 is 0 Å². The number of aromatic nitrogens is 1. The molecule has 0 bridgehead atoms. The zero-order chi connectivity index (χ0) is 23.1. The summed E-state index contributed by atoms with van der Waals surface area (Å²) in [6.45, 7) is 5.32. The van der Waals surface area contributed by atoms with Crippen molar-refractivity contribution < 1.29 is 18.8 Å². The normalized spacial score (nSPS) is 10.5. The first-order chi connectivity index (χ1) is 15.4. The van der Waals surface area contributed by atoms with Crippen molar-refractivity contribution in [3.05, 3.63) is 66.1 Å². The minimum absolute atomic E-state index is 0.0503. The number of rotatable bonds is 8. The van der Waals surface area contributed by atoms with E-state index in [4.69, 9.17) is 4.42 Å². The first-order valence-electron chi connectivity index (χ1n) is 10.3. The Labute approximate surface area is 186 Å². The SMILES string of the molecule is CCN(CC(=O)Nc1ccc(NC(C)=O)cc1)C(=O)Cc1nc(-c2ccccc2)oc1C. The lowest BCUT2D eigenvalue weighted by atomic mass is 10.2. The molecule has 3 amide bonds. The van der Waals surface area contributed by atoms with Crippen molar-refractivity contribution in [1.82, 2.24) is 9.88 Å². The van der Waals surface area contributed by atoms with Crippen LogP contribution in [0.15, 0.2) is 59.0 Å². The number of hydrogen-bond acceptors (Lipinski definition) is 5. The number of likely N-dealkylation sites (N-methyl/N-ethyl adjacent to an activating group) is 1. The topological polar surface area (TPSA) is 105 Å². The molecule has 2 aromatic carbocycles. The summed E-state index contributed by atoms with van der Waals surface area (Å²) in [6.07, 6.45) is 0.0503. The molecular weight excluding hydrogens is 408 g/mol. The van der Waals surface area contributed by atoms with Gasteiger partial charge in [0.1, 0.15) is 5.76 Å². The second kappa shape index (κ2) is 10.4. The molecule has 8 nitrogen and oxygen atoms in total. The fourth-order valence-electron chi connectivity index (χ4n) is 3.14. The van der Waals surface area contributed by atoms with Gasteiger partial charge in [-0.1, -0.05) is 18.2 Å². The van der Waals surface area contributed by atoms with Gasteiger partial charge in [-0.25, -0.2) is 4.98 Å². The maximum atomic E-state index is 12.8. The number of benzene rings is 2. The smallest absolute Gasteiger partial charge is 0.243 e. The van der Waals surface area contributed by atoms with Crippen molar-refractivity contribution in [3.8, 4) is 11.5 Å². The van der Waals surface area contributed by atoms with Gasteiger partial charge in [-0.3, -0.25) is 14.4 Å². The highest BCUT2D eigenvalue weighted by Gasteiger charge is 2.20. The number of nitrogens with one attached hydrogen (secondary N) is 2. The number of oxazole rings is 1. The molecule has 0 unspecified atom stereocenters. The Morgan fingerprint density at radius 1 is 0.969 bits per heavy atom. The van der Waals surface area contributed by atoms with Crippen molar-refractivity contribution in [1.29, 1.82) is 0 Å². The number of carbonyl (C=O) groups is 3. The highest BCUT2D eigenvalue weighted by molar-refractivity contribution is 5.95. The molecule has 0 atom stereocenters. The first-order valence-corrected chi connectivity index (χ1v) is 10.3. The van der Waals surface area contributed by atoms with Gasteiger partial charge in [0.25, 0.3) is 0 Å². The van der Waals surface area contributed by atoms with E-state index in [0.29, 0.717) is 35.3 Å². The van der Waals surface area contributed by atoms with Crippen LogP contribution in [0, 0.1) is 6.92 Å². The summed E-state index contributed by atoms with van der Waals surface area (Å²) < 4.78 is 5.72. The van der Waals surface area contributed by atoms with Crippen LogP contribution in [-0.2, 0) is 20.8 Å². The minimum atomic E-state index is -0.311. The summed E-state index contributed by atoms with van der Waals surface area (Å²) in [5.74, 6) is 0.359. The maximum Gasteiger partial charge on any atom is 0.243 e. The van der Waals surface area contributed by atoms with Crippen molar-refractivity contribution in [2.24, 2.45) is 0 Å². The molecule has 2 N–H and O–H groups in total. The fourth-order valence-corrected chi connectivity index (χ4v) is 3.14. The van der Waals surface area contributed by atoms with E-state index in [1.807, 2.05) is 37.3 Å². The number of amides is 3. The summed E-state index contributed by atoms with van der Waals surface area (Å²) in [5, 5.41) is 5.43. The molecule has 3 aromatic rings. The molecule has 0 aliphatic heterocycles. The Kier molecular flexibility index (Phi) is 7.38. The molecular formula is C24H26N4O4. The quantitative estimate of drug-likeness (QED) is 0.563. The largest absolute Gasteiger partial charge is 0.441 e. The van der Waals surface area contributed by atoms with Gasteiger partial charge >= 0.3 is 0 Å². The Morgan fingerprint density at radius 2 is 1.59 bits per heavy atom. The third-order valence-corrected chi connectivity index (χ3v) is 4.79. The molecule has 8 heteroatoms. The lowest BCUT2D eigenvalue weighted by Gasteiger charge is -2.20. The number of carbonyl (C=O) groups excluding carboxylic acids is 3. The highest BCUT2D eigenvalue weighted by atomic mass is 16.4. The highest BCUT2D eigenvalue weighted by Crippen LogP contribution is 2.22. The third kappa shape index (κ3) is 6.04. The van der Waals surface area contributed by atoms with Gasteiger partial charge in [-0.2, -0.15) is 0 Å². The third-order valence-electron chi connectivity index (χ3n) is 4.79. The van der Waals surface area contributed by atoms with Crippen LogP contribution in [0.25, 0.3) is 11.5 Å². The summed E-state index contributed by atoms with van der Waals surface area (Å²) in [5.41, 5.74) is 2.61. The number of hydrogen-bond donors (Lipinski definition) is 2. The molecule has 0 saturated carbocycles. The van der Waals surface area contributed by atoms with Crippen molar-refractivity contribution in [3.63, 3.8) is 0 Å². The molecule has 0 fully saturated rings. The lowest BCUT2D eigenvalue weighted by Crippen LogP contribution is -2.38. The van der Waals surface area contributed by atoms with Crippen LogP contribution in [0.4, 0.5) is 11.4 Å². The van der Waals surface area contributed by atoms with Crippen LogP contribution < -0.4 is 10.6 Å². The zero-order valence-electron chi connectivity index (χ0n) is 18.3. The minimum Gasteiger partial charge on any atom is -0.441 e. The van der Waals surface area contributed by atoms with Crippen molar-refractivity contribution in [2.75, 3.05) is 23.7 Å². The monoisotopic (exact) mass is 434 g/mol. The Balaban J connectivity index is 1.59. The van der Waals surface area contributed by atoms with Crippen molar-refractivity contribution in [2.45, 2.75) is 27.2 Å². The summed E-state index contributed by atoms with van der Waals surface area (Å²) in [7, 11) is 0. The van der Waals surface area contributed by atoms with Gasteiger partial charge in [0, 0.05) is 30.4 Å². The van der Waals surface area contributed by atoms with E-state index in [2.05, 4.69) is 15.6 Å². The Bertz CT molecular complexity index is 1090. The van der Waals surface area contributed by atoms with E-state index in [1.165, 1.54) is 11.8 Å². The summed E-state index contributed by atoms with van der Waals surface area (Å²) in [6, 6.07) is 16.2. The molecule has 166 valence electrons. The van der Waals surface area contributed by atoms with E-state index in [9.17, 15) is 14.4 Å². The molecule has 0 aliphatic rings. The average molecular weight is 434 g/mol. The predicted octanol–water partition coefficient (Wildman–Crippen LogP) is 3.64. The van der Waals surface area contributed by atoms with Gasteiger partial charge in [0.15, 0.2) is 0 Å². The van der Waals surface area contributed by atoms with Gasteiger partial charge in [-0.15, -0.1) is 0 Å². The Morgan fingerprint density at radius 3 is 2.19 bits per heavy atom. The van der Waals surface area contributed by atoms with Crippen LogP contribution in [0.2, 0.25) is 0 Å². The van der Waals surface area contributed by atoms with Crippen LogP contribution in [0.3, 0.4) is 0 Å². The van der Waals surface area contributed by atoms with Gasteiger partial charge in [0.2, 0.25) is 23.6 Å². The number of nitrogens with zero attached hydrogens (tertiary/aromatic N) is 2. The maximum absolute atomic E-state index is 12.8. The van der Waals surface area contributed by atoms with E-state index in [-0.39, 0.29) is 30.7 Å². The number of aryl methyl sites for hydroxylation is 1. The van der Waals surface area contributed by atoms with E-state index in [1.54, 1.807) is 31.2 Å². The summed E-state index contributed by atoms with van der Waals surface area (Å²) >= 11 is 0. The lowest BCUT2D eigenvalue weighted by molar-refractivity contribution is -0.133. The predicted molar refractivity (Wildman–Crippen MR) is 122 cm³/mol. The Hall–Kier alpha value is -3.94. The second-order valence-electron chi connectivity index (χ2n) is 7.28. The van der Waals surface area contributed by atoms with E-state index < -0.39 is 0 Å². The molecule has 0 spiro atoms. The second-order valence-corrected chi connectivity index (χ2v) is 7.28. The van der Waals surface area contributed by atoms with Gasteiger partial charge in [0.05, 0.1) is 18.7 Å². The zero-order valence-corrected chi connectivity index (χ0v) is 18.3. The molecule has 32 heavy (non-hydrogen) atoms. The standard InChI is InChI=1S/C24H26N4O4/c1-4-28(15-22(30)26-20-12-10-19(11-13-20)25-17(3)29)23(31)14-21-16(2)32-24(27-21)18-8-6-5-7-9-18/h5-13H,4,14-15H2,1-3H3,(H,25,29)(H,26,30). The van der Waals surface area contributed by atoms with Crippen LogP contribution >= 0.6 is 0 Å². The fraction of sp³-hybridized carbons (Fsp3) is 0.250. The molecule has 3 rings (SSSR count). The molecule has 0 saturated heterocycles.